The Bertz CT molecular complexity index is 1100. The van der Waals surface area contributed by atoms with Crippen LogP contribution in [0.1, 0.15) is 56.0 Å². The van der Waals surface area contributed by atoms with Gasteiger partial charge in [0.05, 0.1) is 6.61 Å². The van der Waals surface area contributed by atoms with Gasteiger partial charge >= 0.3 is 6.09 Å². The number of nitrogens with zero attached hydrogens (tertiary/aromatic N) is 3. The van der Waals surface area contributed by atoms with E-state index >= 15 is 0 Å². The van der Waals surface area contributed by atoms with Crippen molar-refractivity contribution in [3.05, 3.63) is 59.9 Å². The predicted molar refractivity (Wildman–Crippen MR) is 148 cm³/mol. The Morgan fingerprint density at radius 3 is 2.28 bits per heavy atom. The SMILES string of the molecule is CC(C)(C)OC(=O)N[C@@H](Cc1ccncc1)C(=O)N1CCN(CCCOc2ccc(C(=O)C3CC3)cc2)CC1. The van der Waals surface area contributed by atoms with Crippen LogP contribution >= 0.6 is 0 Å². The molecular formula is C30H40N4O5. The number of pyridine rings is 1. The van der Waals surface area contributed by atoms with Crippen LogP contribution in [0.3, 0.4) is 0 Å². The third kappa shape index (κ3) is 9.06. The number of Topliss-reactive ketones (excluding diaryl/α,β-unsaturated/α-hetero) is 1. The van der Waals surface area contributed by atoms with Gasteiger partial charge in [0, 0.05) is 63.0 Å². The topological polar surface area (TPSA) is 101 Å². The number of carbonyl (C=O) groups is 3. The predicted octanol–water partition coefficient (Wildman–Crippen LogP) is 3.72. The second-order valence-electron chi connectivity index (χ2n) is 11.3. The average molecular weight is 537 g/mol. The van der Waals surface area contributed by atoms with Crippen LogP contribution in [-0.4, -0.2) is 83.5 Å². The molecule has 4 rings (SSSR count). The Labute approximate surface area is 230 Å². The molecule has 0 spiro atoms. The third-order valence-electron chi connectivity index (χ3n) is 6.84. The van der Waals surface area contributed by atoms with Gasteiger partial charge in [0.2, 0.25) is 5.91 Å². The summed E-state index contributed by atoms with van der Waals surface area (Å²) in [7, 11) is 0. The summed E-state index contributed by atoms with van der Waals surface area (Å²) in [6.45, 7) is 9.56. The Balaban J connectivity index is 1.21. The standard InChI is InChI=1S/C30H40N4O5/c1-30(2,3)39-29(37)32-26(21-22-11-13-31-14-12-22)28(36)34-18-16-33(17-19-34)15-4-20-38-25-9-7-24(8-10-25)27(35)23-5-6-23/h7-14,23,26H,4-6,15-21H2,1-3H3,(H,32,37)/t26-/m0/s1. The van der Waals surface area contributed by atoms with E-state index in [0.29, 0.717) is 26.1 Å². The summed E-state index contributed by atoms with van der Waals surface area (Å²) in [4.78, 5) is 46.2. The molecule has 9 nitrogen and oxygen atoms in total. The minimum absolute atomic E-state index is 0.107. The fraction of sp³-hybridized carbons (Fsp3) is 0.533. The van der Waals surface area contributed by atoms with E-state index in [1.54, 1.807) is 33.2 Å². The minimum Gasteiger partial charge on any atom is -0.494 e. The third-order valence-corrected chi connectivity index (χ3v) is 6.84. The zero-order valence-electron chi connectivity index (χ0n) is 23.2. The van der Waals surface area contributed by atoms with Gasteiger partial charge in [0.1, 0.15) is 17.4 Å². The number of amides is 2. The highest BCUT2D eigenvalue weighted by atomic mass is 16.6. The molecule has 2 fully saturated rings. The summed E-state index contributed by atoms with van der Waals surface area (Å²) < 4.78 is 11.3. The van der Waals surface area contributed by atoms with Crippen LogP contribution in [0.25, 0.3) is 0 Å². The molecule has 2 heterocycles. The van der Waals surface area contributed by atoms with E-state index < -0.39 is 17.7 Å². The molecule has 1 N–H and O–H groups in total. The zero-order chi connectivity index (χ0) is 27.8. The van der Waals surface area contributed by atoms with Gasteiger partial charge in [0.15, 0.2) is 5.78 Å². The molecule has 0 bridgehead atoms. The normalized spacial score (nSPS) is 16.8. The molecule has 0 radical (unpaired) electrons. The fourth-order valence-electron chi connectivity index (χ4n) is 4.59. The van der Waals surface area contributed by atoms with Crippen molar-refractivity contribution in [3.63, 3.8) is 0 Å². The Hall–Kier alpha value is -3.46. The van der Waals surface area contributed by atoms with Crippen LogP contribution in [0.5, 0.6) is 5.75 Å². The highest BCUT2D eigenvalue weighted by molar-refractivity contribution is 5.99. The second-order valence-corrected chi connectivity index (χ2v) is 11.3. The van der Waals surface area contributed by atoms with Gasteiger partial charge in [0.25, 0.3) is 0 Å². The number of ketones is 1. The molecule has 0 unspecified atom stereocenters. The maximum Gasteiger partial charge on any atom is 0.408 e. The molecule has 1 saturated heterocycles. The van der Waals surface area contributed by atoms with Crippen LogP contribution in [-0.2, 0) is 16.0 Å². The second kappa shape index (κ2) is 13.1. The first-order chi connectivity index (χ1) is 18.7. The van der Waals surface area contributed by atoms with E-state index in [2.05, 4.69) is 15.2 Å². The van der Waals surface area contributed by atoms with E-state index in [1.807, 2.05) is 41.3 Å². The number of hydrogen-bond donors (Lipinski definition) is 1. The highest BCUT2D eigenvalue weighted by Gasteiger charge is 2.31. The lowest BCUT2D eigenvalue weighted by molar-refractivity contribution is -0.135. The number of aromatic nitrogens is 1. The number of nitrogens with one attached hydrogen (secondary N) is 1. The molecule has 1 aromatic heterocycles. The molecule has 1 aromatic carbocycles. The monoisotopic (exact) mass is 536 g/mol. The van der Waals surface area contributed by atoms with Gasteiger partial charge in [-0.2, -0.15) is 0 Å². The van der Waals surface area contributed by atoms with Crippen molar-refractivity contribution in [2.75, 3.05) is 39.3 Å². The van der Waals surface area contributed by atoms with E-state index in [1.165, 1.54) is 0 Å². The van der Waals surface area contributed by atoms with Crippen molar-refractivity contribution in [2.24, 2.45) is 5.92 Å². The van der Waals surface area contributed by atoms with Crippen molar-refractivity contribution >= 4 is 17.8 Å². The van der Waals surface area contributed by atoms with Crippen LogP contribution in [0.4, 0.5) is 4.79 Å². The summed E-state index contributed by atoms with van der Waals surface area (Å²) in [5, 5.41) is 2.78. The first-order valence-electron chi connectivity index (χ1n) is 13.8. The van der Waals surface area contributed by atoms with Crippen molar-refractivity contribution < 1.29 is 23.9 Å². The van der Waals surface area contributed by atoms with E-state index in [0.717, 1.165) is 55.8 Å². The zero-order valence-corrected chi connectivity index (χ0v) is 23.2. The average Bonchev–Trinajstić information content (AvgIpc) is 3.76. The minimum atomic E-state index is -0.715. The highest BCUT2D eigenvalue weighted by Crippen LogP contribution is 2.32. The lowest BCUT2D eigenvalue weighted by Crippen LogP contribution is -2.56. The number of benzene rings is 1. The number of carbonyl (C=O) groups excluding carboxylic acids is 3. The molecule has 1 aliphatic heterocycles. The smallest absolute Gasteiger partial charge is 0.408 e. The Morgan fingerprint density at radius 2 is 1.67 bits per heavy atom. The summed E-state index contributed by atoms with van der Waals surface area (Å²) in [5.41, 5.74) is 1.03. The summed E-state index contributed by atoms with van der Waals surface area (Å²) in [5.74, 6) is 1.13. The molecular weight excluding hydrogens is 496 g/mol. The van der Waals surface area contributed by atoms with E-state index in [-0.39, 0.29) is 17.6 Å². The van der Waals surface area contributed by atoms with Gasteiger partial charge in [-0.15, -0.1) is 0 Å². The van der Waals surface area contributed by atoms with Gasteiger partial charge in [-0.25, -0.2) is 4.79 Å². The number of ether oxygens (including phenoxy) is 2. The quantitative estimate of drug-likeness (QED) is 0.345. The van der Waals surface area contributed by atoms with Crippen LogP contribution in [0.15, 0.2) is 48.8 Å². The van der Waals surface area contributed by atoms with Crippen LogP contribution < -0.4 is 10.1 Å². The molecule has 2 amide bonds. The van der Waals surface area contributed by atoms with Gasteiger partial charge < -0.3 is 19.7 Å². The molecule has 9 heteroatoms. The van der Waals surface area contributed by atoms with Gasteiger partial charge in [-0.3, -0.25) is 19.5 Å². The molecule has 210 valence electrons. The molecule has 1 saturated carbocycles. The van der Waals surface area contributed by atoms with Crippen molar-refractivity contribution in [1.82, 2.24) is 20.1 Å². The molecule has 1 atom stereocenters. The molecule has 2 aliphatic rings. The van der Waals surface area contributed by atoms with Gasteiger partial charge in [-0.1, -0.05) is 0 Å². The lowest BCUT2D eigenvalue weighted by Gasteiger charge is -2.36. The lowest BCUT2D eigenvalue weighted by atomic mass is 10.1. The summed E-state index contributed by atoms with van der Waals surface area (Å²) >= 11 is 0. The molecule has 1 aliphatic carbocycles. The summed E-state index contributed by atoms with van der Waals surface area (Å²) in [6, 6.07) is 10.4. The maximum atomic E-state index is 13.4. The Morgan fingerprint density at radius 1 is 1.00 bits per heavy atom. The van der Waals surface area contributed by atoms with Crippen LogP contribution in [0, 0.1) is 5.92 Å². The van der Waals surface area contributed by atoms with Gasteiger partial charge in [-0.05, 0) is 82.0 Å². The fourth-order valence-corrected chi connectivity index (χ4v) is 4.59. The molecule has 39 heavy (non-hydrogen) atoms. The number of alkyl carbamates (subject to hydrolysis) is 1. The first-order valence-corrected chi connectivity index (χ1v) is 13.8. The van der Waals surface area contributed by atoms with E-state index in [4.69, 9.17) is 9.47 Å². The number of rotatable bonds is 11. The maximum absolute atomic E-state index is 13.4. The number of hydrogen-bond acceptors (Lipinski definition) is 7. The largest absolute Gasteiger partial charge is 0.494 e. The Kier molecular flexibility index (Phi) is 9.56. The van der Waals surface area contributed by atoms with Crippen molar-refractivity contribution in [2.45, 2.75) is 58.1 Å². The van der Waals surface area contributed by atoms with Crippen molar-refractivity contribution in [3.8, 4) is 5.75 Å². The number of piperazine rings is 1. The first kappa shape index (κ1) is 28.5. The van der Waals surface area contributed by atoms with Crippen molar-refractivity contribution in [1.29, 1.82) is 0 Å². The van der Waals surface area contributed by atoms with E-state index in [9.17, 15) is 14.4 Å². The summed E-state index contributed by atoms with van der Waals surface area (Å²) in [6.07, 6.45) is 6.01. The molecule has 2 aromatic rings. The van der Waals surface area contributed by atoms with Crippen LogP contribution in [0.2, 0.25) is 0 Å².